The van der Waals surface area contributed by atoms with Crippen molar-refractivity contribution in [3.63, 3.8) is 0 Å². The van der Waals surface area contributed by atoms with Crippen LogP contribution in [0, 0.1) is 11.3 Å². The number of fused-ring (bicyclic) bond motifs is 1. The summed E-state index contributed by atoms with van der Waals surface area (Å²) in [6.45, 7) is 7.64. The number of hydrogen-bond donors (Lipinski definition) is 1. The smallest absolute Gasteiger partial charge is 0.120 e. The molecule has 1 aromatic heterocycles. The summed E-state index contributed by atoms with van der Waals surface area (Å²) < 4.78 is 6.50. The third kappa shape index (κ3) is 4.17. The average molecular weight is 347 g/mol. The number of benzene rings is 1. The molecule has 1 unspecified atom stereocenters. The molecule has 4 heteroatoms. The molecule has 0 aliphatic heterocycles. The molecule has 24 heavy (non-hydrogen) atoms. The van der Waals surface area contributed by atoms with Crippen LogP contribution in [-0.2, 0) is 0 Å². The monoisotopic (exact) mass is 346 g/mol. The van der Waals surface area contributed by atoms with Crippen molar-refractivity contribution < 1.29 is 4.74 Å². The Balaban J connectivity index is 2.18. The molecule has 1 N–H and O–H groups in total. The van der Waals surface area contributed by atoms with Gasteiger partial charge in [0.05, 0.1) is 12.8 Å². The van der Waals surface area contributed by atoms with Crippen molar-refractivity contribution in [3.8, 4) is 5.75 Å². The van der Waals surface area contributed by atoms with E-state index in [1.807, 2.05) is 6.07 Å². The molecule has 0 saturated heterocycles. The van der Waals surface area contributed by atoms with Crippen LogP contribution in [0.15, 0.2) is 24.3 Å². The highest BCUT2D eigenvalue weighted by atomic mass is 32.1. The maximum absolute atomic E-state index is 8.72. The van der Waals surface area contributed by atoms with Gasteiger partial charge in [-0.15, -0.1) is 11.3 Å². The number of thiophene rings is 1. The van der Waals surface area contributed by atoms with Crippen LogP contribution in [0.4, 0.5) is 0 Å². The number of methoxy groups -OCH3 is 1. The molecule has 0 spiro atoms. The van der Waals surface area contributed by atoms with Crippen molar-refractivity contribution in [1.82, 2.24) is 4.90 Å². The maximum atomic E-state index is 8.72. The van der Waals surface area contributed by atoms with Gasteiger partial charge in [-0.25, -0.2) is 0 Å². The SMILES string of the molecule is CCC(CN(C)C(CC)CC)C(=N)c1cc2ccc(OC)cc2s1. The van der Waals surface area contributed by atoms with Crippen LogP contribution in [0.3, 0.4) is 0 Å². The summed E-state index contributed by atoms with van der Waals surface area (Å²) in [6, 6.07) is 8.90. The van der Waals surface area contributed by atoms with Gasteiger partial charge >= 0.3 is 0 Å². The van der Waals surface area contributed by atoms with Gasteiger partial charge in [-0.05, 0) is 56.0 Å². The summed E-state index contributed by atoms with van der Waals surface area (Å²) in [5, 5.41) is 9.92. The molecule has 0 fully saturated rings. The first-order chi connectivity index (χ1) is 11.5. The van der Waals surface area contributed by atoms with E-state index in [0.29, 0.717) is 6.04 Å². The minimum Gasteiger partial charge on any atom is -0.497 e. The Hall–Kier alpha value is -1.39. The number of nitrogens with zero attached hydrogens (tertiary/aromatic N) is 1. The molecule has 2 aromatic rings. The fourth-order valence-electron chi connectivity index (χ4n) is 3.31. The molecule has 0 bridgehead atoms. The molecule has 1 atom stereocenters. The van der Waals surface area contributed by atoms with Crippen molar-refractivity contribution in [3.05, 3.63) is 29.1 Å². The first kappa shape index (κ1) is 18.9. The predicted molar refractivity (Wildman–Crippen MR) is 106 cm³/mol. The Kier molecular flexibility index (Phi) is 6.81. The highest BCUT2D eigenvalue weighted by molar-refractivity contribution is 7.20. The zero-order chi connectivity index (χ0) is 17.7. The number of ether oxygens (including phenoxy) is 1. The summed E-state index contributed by atoms with van der Waals surface area (Å²) >= 11 is 1.70. The van der Waals surface area contributed by atoms with Gasteiger partial charge in [-0.1, -0.05) is 20.8 Å². The van der Waals surface area contributed by atoms with Gasteiger partial charge in [0.25, 0.3) is 0 Å². The van der Waals surface area contributed by atoms with E-state index >= 15 is 0 Å². The molecule has 0 radical (unpaired) electrons. The first-order valence-electron chi connectivity index (χ1n) is 8.90. The van der Waals surface area contributed by atoms with Crippen LogP contribution < -0.4 is 4.74 Å². The quantitative estimate of drug-likeness (QED) is 0.615. The summed E-state index contributed by atoms with van der Waals surface area (Å²) in [4.78, 5) is 3.52. The Morgan fingerprint density at radius 2 is 1.88 bits per heavy atom. The molecular weight excluding hydrogens is 316 g/mol. The van der Waals surface area contributed by atoms with Crippen molar-refractivity contribution >= 4 is 27.1 Å². The second-order valence-electron chi connectivity index (χ2n) is 6.44. The van der Waals surface area contributed by atoms with Gasteiger partial charge in [-0.2, -0.15) is 0 Å². The molecule has 0 saturated carbocycles. The van der Waals surface area contributed by atoms with E-state index in [1.54, 1.807) is 18.4 Å². The third-order valence-corrected chi connectivity index (χ3v) is 6.10. The van der Waals surface area contributed by atoms with E-state index in [9.17, 15) is 0 Å². The zero-order valence-corrected chi connectivity index (χ0v) is 16.4. The van der Waals surface area contributed by atoms with E-state index < -0.39 is 0 Å². The van der Waals surface area contributed by atoms with Gasteiger partial charge < -0.3 is 15.0 Å². The van der Waals surface area contributed by atoms with Crippen LogP contribution >= 0.6 is 11.3 Å². The lowest BCUT2D eigenvalue weighted by molar-refractivity contribution is 0.212. The Labute approximate surface area is 150 Å². The second kappa shape index (κ2) is 8.63. The van der Waals surface area contributed by atoms with Gasteiger partial charge in [0, 0.05) is 28.1 Å². The lowest BCUT2D eigenvalue weighted by Crippen LogP contribution is -2.37. The van der Waals surface area contributed by atoms with Crippen LogP contribution in [0.5, 0.6) is 5.75 Å². The molecule has 2 rings (SSSR count). The summed E-state index contributed by atoms with van der Waals surface area (Å²) in [5.41, 5.74) is 0.774. The van der Waals surface area contributed by atoms with E-state index in [0.717, 1.165) is 29.3 Å². The lowest BCUT2D eigenvalue weighted by Gasteiger charge is -2.30. The van der Waals surface area contributed by atoms with Crippen LogP contribution in [0.25, 0.3) is 10.1 Å². The number of rotatable bonds is 9. The summed E-state index contributed by atoms with van der Waals surface area (Å²) in [7, 11) is 3.89. The Bertz CT molecular complexity index is 675. The first-order valence-corrected chi connectivity index (χ1v) is 9.72. The van der Waals surface area contributed by atoms with Crippen LogP contribution in [0.1, 0.15) is 44.9 Å². The summed E-state index contributed by atoms with van der Waals surface area (Å²) in [6.07, 6.45) is 3.33. The van der Waals surface area contributed by atoms with Crippen molar-refractivity contribution in [2.75, 3.05) is 20.7 Å². The van der Waals surface area contributed by atoms with Crippen LogP contribution in [0.2, 0.25) is 0 Å². The standard InChI is InChI=1S/C20H30N2OS/c1-6-14(13-22(4)16(7-2)8-3)20(21)19-11-15-9-10-17(23-5)12-18(15)24-19/h9-12,14,16,21H,6-8,13H2,1-5H3. The molecule has 132 valence electrons. The molecule has 3 nitrogen and oxygen atoms in total. The largest absolute Gasteiger partial charge is 0.497 e. The zero-order valence-electron chi connectivity index (χ0n) is 15.6. The second-order valence-corrected chi connectivity index (χ2v) is 7.53. The fourth-order valence-corrected chi connectivity index (χ4v) is 4.42. The molecule has 0 aliphatic carbocycles. The van der Waals surface area contributed by atoms with Crippen LogP contribution in [-0.4, -0.2) is 37.4 Å². The van der Waals surface area contributed by atoms with E-state index in [1.165, 1.54) is 22.9 Å². The van der Waals surface area contributed by atoms with Gasteiger partial charge in [0.1, 0.15) is 5.75 Å². The fraction of sp³-hybridized carbons (Fsp3) is 0.550. The lowest BCUT2D eigenvalue weighted by atomic mass is 9.97. The minimum absolute atomic E-state index is 0.283. The normalized spacial score (nSPS) is 13.0. The van der Waals surface area contributed by atoms with E-state index in [2.05, 4.69) is 50.9 Å². The van der Waals surface area contributed by atoms with E-state index in [-0.39, 0.29) is 5.92 Å². The Morgan fingerprint density at radius 3 is 2.46 bits per heavy atom. The number of hydrogen-bond acceptors (Lipinski definition) is 4. The molecule has 1 heterocycles. The number of nitrogens with one attached hydrogen (secondary N) is 1. The molecule has 1 aromatic carbocycles. The third-order valence-electron chi connectivity index (χ3n) is 4.97. The molecule has 0 amide bonds. The highest BCUT2D eigenvalue weighted by Gasteiger charge is 2.21. The van der Waals surface area contributed by atoms with Crippen molar-refractivity contribution in [1.29, 1.82) is 5.41 Å². The van der Waals surface area contributed by atoms with Crippen molar-refractivity contribution in [2.24, 2.45) is 5.92 Å². The molecular formula is C20H30N2OS. The maximum Gasteiger partial charge on any atom is 0.120 e. The van der Waals surface area contributed by atoms with Gasteiger partial charge in [0.15, 0.2) is 0 Å². The predicted octanol–water partition coefficient (Wildman–Crippen LogP) is 5.42. The topological polar surface area (TPSA) is 36.3 Å². The summed E-state index contributed by atoms with van der Waals surface area (Å²) in [5.74, 6) is 1.16. The molecule has 0 aliphatic rings. The van der Waals surface area contributed by atoms with E-state index in [4.69, 9.17) is 10.1 Å². The van der Waals surface area contributed by atoms with Gasteiger partial charge in [0.2, 0.25) is 0 Å². The highest BCUT2D eigenvalue weighted by Crippen LogP contribution is 2.31. The van der Waals surface area contributed by atoms with Crippen molar-refractivity contribution in [2.45, 2.75) is 46.1 Å². The Morgan fingerprint density at radius 1 is 1.17 bits per heavy atom. The minimum atomic E-state index is 0.283. The van der Waals surface area contributed by atoms with Gasteiger partial charge in [-0.3, -0.25) is 0 Å². The average Bonchev–Trinajstić information content (AvgIpc) is 3.03.